The zero-order valence-corrected chi connectivity index (χ0v) is 9.65. The second-order valence-corrected chi connectivity index (χ2v) is 4.67. The Bertz CT molecular complexity index is 332. The summed E-state index contributed by atoms with van der Waals surface area (Å²) in [6.07, 6.45) is 0.643. The molecule has 0 spiro atoms. The normalized spacial score (nSPS) is 17.1. The maximum Gasteiger partial charge on any atom is 0.344 e. The van der Waals surface area contributed by atoms with Crippen molar-refractivity contribution in [3.8, 4) is 0 Å². The highest BCUT2D eigenvalue weighted by Gasteiger charge is 2.53. The van der Waals surface area contributed by atoms with Crippen LogP contribution in [0.4, 0.5) is 4.39 Å². The van der Waals surface area contributed by atoms with E-state index in [4.69, 9.17) is 17.9 Å². The second kappa shape index (κ2) is 4.69. The van der Waals surface area contributed by atoms with Crippen LogP contribution in [0.5, 0.6) is 0 Å². The van der Waals surface area contributed by atoms with Gasteiger partial charge in [-0.2, -0.15) is 13.2 Å². The molecule has 1 N–H and O–H groups in total. The van der Waals surface area contributed by atoms with Gasteiger partial charge in [0.15, 0.2) is 0 Å². The molecule has 7 heteroatoms. The van der Waals surface area contributed by atoms with Crippen molar-refractivity contribution in [2.75, 3.05) is 0 Å². The summed E-state index contributed by atoms with van der Waals surface area (Å²) < 4.78 is 40.6. The van der Waals surface area contributed by atoms with E-state index in [1.807, 2.05) is 0 Å². The fraction of sp³-hybridized carbons (Fsp3) is 0.875. The summed E-state index contributed by atoms with van der Waals surface area (Å²) in [7, 11) is -2.61. The van der Waals surface area contributed by atoms with E-state index < -0.39 is 27.7 Å². The summed E-state index contributed by atoms with van der Waals surface area (Å²) in [4.78, 5) is 10.9. The van der Waals surface area contributed by atoms with Crippen molar-refractivity contribution in [3.63, 3.8) is 0 Å². The summed E-state index contributed by atoms with van der Waals surface area (Å²) in [5, 5.41) is 0. The molecule has 0 unspecified atom stereocenters. The lowest BCUT2D eigenvalue weighted by Gasteiger charge is -2.20. The molecule has 15 heavy (non-hydrogen) atoms. The number of carbonyl (C=O) groups excluding carboxylic acids is 1. The number of ether oxygens (including phenoxy) is 1. The van der Waals surface area contributed by atoms with Crippen molar-refractivity contribution in [2.45, 2.75) is 44.9 Å². The molecule has 1 rings (SSSR count). The first-order chi connectivity index (χ1) is 6.57. The van der Waals surface area contributed by atoms with Gasteiger partial charge >= 0.3 is 16.5 Å². The van der Waals surface area contributed by atoms with Gasteiger partial charge in [-0.1, -0.05) is 0 Å². The molecule has 1 aliphatic rings. The number of hydrogen-bond acceptors (Lipinski definition) is 5. The molecule has 0 aromatic rings. The van der Waals surface area contributed by atoms with E-state index in [9.17, 15) is 9.18 Å². The fourth-order valence-corrected chi connectivity index (χ4v) is 0.683. The first-order valence-corrected chi connectivity index (χ1v) is 5.37. The minimum atomic E-state index is -2.61. The summed E-state index contributed by atoms with van der Waals surface area (Å²) in [6, 6.07) is 0. The van der Waals surface area contributed by atoms with E-state index in [1.165, 1.54) is 0 Å². The van der Waals surface area contributed by atoms with Crippen LogP contribution in [0.15, 0.2) is 0 Å². The molecule has 0 saturated heterocycles. The summed E-state index contributed by atoms with van der Waals surface area (Å²) in [5.41, 5.74) is -2.22. The number of alkyl halides is 1. The van der Waals surface area contributed by atoms with Gasteiger partial charge in [-0.15, -0.1) is 0 Å². The van der Waals surface area contributed by atoms with Crippen LogP contribution in [0, 0.1) is 4.78 Å². The topological polar surface area (TPSA) is 84.3 Å². The number of halogens is 1. The van der Waals surface area contributed by atoms with Gasteiger partial charge in [0.25, 0.3) is 0 Å². The molecule has 0 aliphatic heterocycles. The Hall–Kier alpha value is -0.980. The lowest BCUT2D eigenvalue weighted by molar-refractivity contribution is -0.162. The Morgan fingerprint density at radius 1 is 1.40 bits per heavy atom. The van der Waals surface area contributed by atoms with Crippen molar-refractivity contribution in [3.05, 3.63) is 0 Å². The van der Waals surface area contributed by atoms with Gasteiger partial charge in [0.05, 0.1) is 0 Å². The Balaban J connectivity index is 0.000000423. The van der Waals surface area contributed by atoms with E-state index in [0.717, 1.165) is 0 Å². The SMILES string of the molecule is CC(C)(C)OC(=O)C1(F)CC1.N=S(=O)=O. The van der Waals surface area contributed by atoms with Crippen molar-refractivity contribution in [1.29, 1.82) is 4.78 Å². The summed E-state index contributed by atoms with van der Waals surface area (Å²) in [5.74, 6) is -0.704. The highest BCUT2D eigenvalue weighted by Crippen LogP contribution is 2.41. The number of esters is 1. The van der Waals surface area contributed by atoms with Crippen LogP contribution in [-0.2, 0) is 20.0 Å². The van der Waals surface area contributed by atoms with Crippen LogP contribution in [-0.4, -0.2) is 25.7 Å². The fourth-order valence-electron chi connectivity index (χ4n) is 0.683. The number of rotatable bonds is 1. The van der Waals surface area contributed by atoms with E-state index in [2.05, 4.69) is 0 Å². The van der Waals surface area contributed by atoms with E-state index >= 15 is 0 Å². The van der Waals surface area contributed by atoms with Crippen LogP contribution >= 0.6 is 0 Å². The number of nitrogens with one attached hydrogen (secondary N) is 1. The smallest absolute Gasteiger partial charge is 0.344 e. The Kier molecular flexibility index (Phi) is 4.39. The number of carbonyl (C=O) groups is 1. The third kappa shape index (κ3) is 7.01. The van der Waals surface area contributed by atoms with E-state index in [1.54, 1.807) is 20.8 Å². The van der Waals surface area contributed by atoms with Gasteiger partial charge < -0.3 is 4.74 Å². The van der Waals surface area contributed by atoms with Gasteiger partial charge in [-0.05, 0) is 33.6 Å². The third-order valence-electron chi connectivity index (χ3n) is 1.45. The van der Waals surface area contributed by atoms with Gasteiger partial charge in [0.1, 0.15) is 5.60 Å². The van der Waals surface area contributed by atoms with Crippen LogP contribution in [0.2, 0.25) is 0 Å². The molecule has 1 saturated carbocycles. The van der Waals surface area contributed by atoms with Crippen molar-refractivity contribution in [1.82, 2.24) is 0 Å². The van der Waals surface area contributed by atoms with E-state index in [-0.39, 0.29) is 0 Å². The summed E-state index contributed by atoms with van der Waals surface area (Å²) in [6.45, 7) is 5.20. The third-order valence-corrected chi connectivity index (χ3v) is 1.45. The molecule has 0 aromatic heterocycles. The van der Waals surface area contributed by atoms with Crippen LogP contribution in [0.1, 0.15) is 33.6 Å². The van der Waals surface area contributed by atoms with E-state index in [0.29, 0.717) is 12.8 Å². The average Bonchev–Trinajstić information content (AvgIpc) is 2.63. The Morgan fingerprint density at radius 2 is 1.73 bits per heavy atom. The van der Waals surface area contributed by atoms with Crippen LogP contribution in [0.25, 0.3) is 0 Å². The number of hydrogen-bond donors (Lipinski definition) is 1. The molecule has 88 valence electrons. The minimum absolute atomic E-state index is 0.321. The molecular weight excluding hydrogens is 225 g/mol. The van der Waals surface area contributed by atoms with Crippen molar-refractivity contribution in [2.24, 2.45) is 0 Å². The van der Waals surface area contributed by atoms with Gasteiger partial charge in [0.2, 0.25) is 5.67 Å². The van der Waals surface area contributed by atoms with Crippen molar-refractivity contribution < 1.29 is 22.3 Å². The maximum absolute atomic E-state index is 12.9. The first-order valence-electron chi connectivity index (χ1n) is 4.30. The lowest BCUT2D eigenvalue weighted by atomic mass is 10.2. The molecule has 0 atom stereocenters. The average molecular weight is 239 g/mol. The molecule has 0 bridgehead atoms. The van der Waals surface area contributed by atoms with Gasteiger partial charge in [-0.25, -0.2) is 9.18 Å². The van der Waals surface area contributed by atoms with Crippen molar-refractivity contribution >= 4 is 16.5 Å². The zero-order chi connectivity index (χ0) is 12.3. The standard InChI is InChI=1S/C8H13FO2.HNO2S/c1-7(2,3)11-6(10)8(9)4-5-8;1-4(2)3/h4-5H2,1-3H3;1H. The minimum Gasteiger partial charge on any atom is -0.458 e. The lowest BCUT2D eigenvalue weighted by Crippen LogP contribution is -2.30. The molecule has 0 heterocycles. The molecular formula is C8H14FNO4S. The molecule has 0 aromatic carbocycles. The molecule has 1 aliphatic carbocycles. The largest absolute Gasteiger partial charge is 0.458 e. The van der Waals surface area contributed by atoms with Gasteiger partial charge in [0, 0.05) is 0 Å². The van der Waals surface area contributed by atoms with Gasteiger partial charge in [-0.3, -0.25) is 0 Å². The Labute approximate surface area is 89.1 Å². The molecule has 0 amide bonds. The zero-order valence-electron chi connectivity index (χ0n) is 8.83. The quantitative estimate of drug-likeness (QED) is 0.702. The molecule has 0 radical (unpaired) electrons. The monoisotopic (exact) mass is 239 g/mol. The summed E-state index contributed by atoms with van der Waals surface area (Å²) >= 11 is 0. The molecule has 1 fully saturated rings. The predicted molar refractivity (Wildman–Crippen MR) is 50.6 cm³/mol. The predicted octanol–water partition coefficient (Wildman–Crippen LogP) is 1.46. The highest BCUT2D eigenvalue weighted by molar-refractivity contribution is 7.60. The van der Waals surface area contributed by atoms with Crippen LogP contribution < -0.4 is 0 Å². The second-order valence-electron chi connectivity index (χ2n) is 4.20. The first kappa shape index (κ1) is 14.0. The Morgan fingerprint density at radius 3 is 1.93 bits per heavy atom. The molecule has 5 nitrogen and oxygen atoms in total. The highest BCUT2D eigenvalue weighted by atomic mass is 32.2. The maximum atomic E-state index is 12.9. The van der Waals surface area contributed by atoms with Crippen LogP contribution in [0.3, 0.4) is 0 Å².